The molecule has 8 nitrogen and oxygen atoms in total. The Bertz CT molecular complexity index is 1140. The van der Waals surface area contributed by atoms with E-state index in [0.29, 0.717) is 30.6 Å². The molecular formula is C26H37N5O3. The number of ether oxygens (including phenoxy) is 1. The first-order chi connectivity index (χ1) is 16.6. The minimum atomic E-state index is -0.266. The number of aromatic nitrogens is 3. The maximum atomic E-state index is 12.7. The molecule has 0 radical (unpaired) electrons. The highest BCUT2D eigenvalue weighted by molar-refractivity contribution is 5.90. The van der Waals surface area contributed by atoms with Crippen LogP contribution in [0.1, 0.15) is 52.4 Å². The summed E-state index contributed by atoms with van der Waals surface area (Å²) in [7, 11) is 0. The third-order valence-electron chi connectivity index (χ3n) is 6.71. The Balaban J connectivity index is 1.20. The number of imidazole rings is 1. The number of carbonyl (C=O) groups is 1. The molecule has 1 fully saturated rings. The number of H-pyrrole nitrogens is 2. The van der Waals surface area contributed by atoms with Crippen molar-refractivity contribution < 1.29 is 9.53 Å². The minimum Gasteiger partial charge on any atom is -0.494 e. The maximum absolute atomic E-state index is 12.7. The standard InChI is InChI=1S/C26H37N5O3/c1-3-6-19(7-4-2)18-30-11-13-31(14-12-30)24(32)8-5-15-34-21-9-10-22-20(16-21)17-23-25(27-22)29-26(33)28-23/h9-10,16-17,19H,3-8,11-15,18H2,1-2H3,(H2,27,28,29,33). The van der Waals surface area contributed by atoms with Gasteiger partial charge in [-0.15, -0.1) is 0 Å². The van der Waals surface area contributed by atoms with Crippen LogP contribution in [0, 0.1) is 5.92 Å². The number of benzene rings is 1. The number of piperazine rings is 1. The summed E-state index contributed by atoms with van der Waals surface area (Å²) in [5.74, 6) is 1.75. The van der Waals surface area contributed by atoms with Gasteiger partial charge in [-0.25, -0.2) is 9.78 Å². The van der Waals surface area contributed by atoms with Gasteiger partial charge in [-0.2, -0.15) is 0 Å². The van der Waals surface area contributed by atoms with Gasteiger partial charge < -0.3 is 14.6 Å². The van der Waals surface area contributed by atoms with E-state index in [1.807, 2.05) is 29.2 Å². The number of nitrogens with one attached hydrogen (secondary N) is 2. The quantitative estimate of drug-likeness (QED) is 0.417. The van der Waals surface area contributed by atoms with Crippen LogP contribution in [0.2, 0.25) is 0 Å². The molecule has 1 aliphatic heterocycles. The fraction of sp³-hybridized carbons (Fsp3) is 0.577. The number of nitrogens with zero attached hydrogens (tertiary/aromatic N) is 3. The molecule has 3 aromatic rings. The molecular weight excluding hydrogens is 430 g/mol. The Morgan fingerprint density at radius 3 is 2.59 bits per heavy atom. The highest BCUT2D eigenvalue weighted by atomic mass is 16.5. The van der Waals surface area contributed by atoms with Crippen LogP contribution >= 0.6 is 0 Å². The average Bonchev–Trinajstić information content (AvgIpc) is 3.19. The van der Waals surface area contributed by atoms with Gasteiger partial charge in [0.05, 0.1) is 17.6 Å². The zero-order valence-electron chi connectivity index (χ0n) is 20.4. The number of hydrogen-bond donors (Lipinski definition) is 2. The summed E-state index contributed by atoms with van der Waals surface area (Å²) >= 11 is 0. The molecule has 2 N–H and O–H groups in total. The van der Waals surface area contributed by atoms with E-state index in [1.54, 1.807) is 0 Å². The summed E-state index contributed by atoms with van der Waals surface area (Å²) in [6.07, 6.45) is 6.30. The number of rotatable bonds is 11. The van der Waals surface area contributed by atoms with Crippen LogP contribution in [0.15, 0.2) is 29.1 Å². The molecule has 184 valence electrons. The van der Waals surface area contributed by atoms with Gasteiger partial charge in [-0.05, 0) is 49.4 Å². The lowest BCUT2D eigenvalue weighted by Gasteiger charge is -2.36. The van der Waals surface area contributed by atoms with E-state index in [4.69, 9.17) is 4.74 Å². The lowest BCUT2D eigenvalue weighted by molar-refractivity contribution is -0.133. The first kappa shape index (κ1) is 24.3. The number of hydrogen-bond acceptors (Lipinski definition) is 5. The number of amides is 1. The van der Waals surface area contributed by atoms with Crippen molar-refractivity contribution in [3.63, 3.8) is 0 Å². The Kier molecular flexibility index (Phi) is 8.21. The number of carbonyl (C=O) groups excluding carboxylic acids is 1. The smallest absolute Gasteiger partial charge is 0.325 e. The van der Waals surface area contributed by atoms with Crippen molar-refractivity contribution in [1.29, 1.82) is 0 Å². The molecule has 1 saturated heterocycles. The van der Waals surface area contributed by atoms with Gasteiger partial charge in [0, 0.05) is 44.5 Å². The topological polar surface area (TPSA) is 94.3 Å². The molecule has 0 spiro atoms. The summed E-state index contributed by atoms with van der Waals surface area (Å²) < 4.78 is 5.89. The Morgan fingerprint density at radius 2 is 1.85 bits per heavy atom. The number of pyridine rings is 1. The van der Waals surface area contributed by atoms with Gasteiger partial charge in [0.2, 0.25) is 5.91 Å². The molecule has 0 saturated carbocycles. The van der Waals surface area contributed by atoms with E-state index >= 15 is 0 Å². The normalized spacial score (nSPS) is 15.0. The molecule has 0 unspecified atom stereocenters. The molecule has 1 aliphatic rings. The molecule has 3 heterocycles. The van der Waals surface area contributed by atoms with Crippen molar-refractivity contribution in [2.45, 2.75) is 52.4 Å². The minimum absolute atomic E-state index is 0.225. The summed E-state index contributed by atoms with van der Waals surface area (Å²) in [6.45, 7) is 9.83. The van der Waals surface area contributed by atoms with E-state index in [1.165, 1.54) is 32.2 Å². The predicted molar refractivity (Wildman–Crippen MR) is 135 cm³/mol. The van der Waals surface area contributed by atoms with Gasteiger partial charge >= 0.3 is 5.69 Å². The Morgan fingerprint density at radius 1 is 1.09 bits per heavy atom. The van der Waals surface area contributed by atoms with Crippen molar-refractivity contribution in [3.05, 3.63) is 34.7 Å². The van der Waals surface area contributed by atoms with Crippen LogP contribution in [0.4, 0.5) is 0 Å². The third-order valence-corrected chi connectivity index (χ3v) is 6.71. The van der Waals surface area contributed by atoms with E-state index in [9.17, 15) is 9.59 Å². The third kappa shape index (κ3) is 6.17. The SMILES string of the molecule is CCCC(CCC)CN1CCN(C(=O)CCCOc2ccc3nc4[nH]c(=O)[nH]c4cc3c2)CC1. The molecule has 4 rings (SSSR count). The molecule has 2 aromatic heterocycles. The summed E-state index contributed by atoms with van der Waals surface area (Å²) in [4.78, 5) is 38.5. The number of aromatic amines is 2. The zero-order chi connectivity index (χ0) is 23.9. The lowest BCUT2D eigenvalue weighted by Crippen LogP contribution is -2.49. The summed E-state index contributed by atoms with van der Waals surface area (Å²) in [5.41, 5.74) is 1.75. The molecule has 1 amide bonds. The summed E-state index contributed by atoms with van der Waals surface area (Å²) in [6, 6.07) is 7.56. The average molecular weight is 468 g/mol. The molecule has 0 bridgehead atoms. The van der Waals surface area contributed by atoms with Gasteiger partial charge in [0.25, 0.3) is 0 Å². The molecule has 8 heteroatoms. The zero-order valence-corrected chi connectivity index (χ0v) is 20.4. The Labute approximate surface area is 200 Å². The van der Waals surface area contributed by atoms with E-state index < -0.39 is 0 Å². The summed E-state index contributed by atoms with van der Waals surface area (Å²) in [5, 5.41) is 0.898. The highest BCUT2D eigenvalue weighted by Gasteiger charge is 2.22. The Hall–Kier alpha value is -2.87. The van der Waals surface area contributed by atoms with Crippen LogP contribution in [-0.4, -0.2) is 70.0 Å². The molecule has 0 aliphatic carbocycles. The van der Waals surface area contributed by atoms with Crippen molar-refractivity contribution in [2.24, 2.45) is 5.92 Å². The van der Waals surface area contributed by atoms with Crippen molar-refractivity contribution in [1.82, 2.24) is 24.8 Å². The molecule has 1 aromatic carbocycles. The monoisotopic (exact) mass is 467 g/mol. The van der Waals surface area contributed by atoms with Crippen molar-refractivity contribution >= 4 is 28.0 Å². The second-order valence-electron chi connectivity index (χ2n) is 9.39. The van der Waals surface area contributed by atoms with E-state index in [0.717, 1.165) is 48.7 Å². The fourth-order valence-corrected chi connectivity index (χ4v) is 4.96. The van der Waals surface area contributed by atoms with Gasteiger partial charge in [0.1, 0.15) is 5.75 Å². The van der Waals surface area contributed by atoms with Crippen molar-refractivity contribution in [2.75, 3.05) is 39.3 Å². The van der Waals surface area contributed by atoms with Gasteiger partial charge in [0.15, 0.2) is 5.65 Å². The van der Waals surface area contributed by atoms with Crippen LogP contribution in [0.3, 0.4) is 0 Å². The predicted octanol–water partition coefficient (Wildman–Crippen LogP) is 3.92. The van der Waals surface area contributed by atoms with Gasteiger partial charge in [-0.1, -0.05) is 26.7 Å². The van der Waals surface area contributed by atoms with Crippen LogP contribution in [0.5, 0.6) is 5.75 Å². The second-order valence-corrected chi connectivity index (χ2v) is 9.39. The van der Waals surface area contributed by atoms with Crippen LogP contribution in [-0.2, 0) is 4.79 Å². The maximum Gasteiger partial charge on any atom is 0.325 e. The van der Waals surface area contributed by atoms with E-state index in [-0.39, 0.29) is 11.6 Å². The highest BCUT2D eigenvalue weighted by Crippen LogP contribution is 2.22. The number of fused-ring (bicyclic) bond motifs is 2. The lowest BCUT2D eigenvalue weighted by atomic mass is 9.97. The van der Waals surface area contributed by atoms with Crippen LogP contribution < -0.4 is 10.4 Å². The molecule has 34 heavy (non-hydrogen) atoms. The molecule has 0 atom stereocenters. The van der Waals surface area contributed by atoms with Gasteiger partial charge in [-0.3, -0.25) is 14.7 Å². The first-order valence-electron chi connectivity index (χ1n) is 12.7. The largest absolute Gasteiger partial charge is 0.494 e. The van der Waals surface area contributed by atoms with Crippen molar-refractivity contribution in [3.8, 4) is 5.75 Å². The fourth-order valence-electron chi connectivity index (χ4n) is 4.96. The van der Waals surface area contributed by atoms with Crippen LogP contribution in [0.25, 0.3) is 22.1 Å². The second kappa shape index (κ2) is 11.5. The first-order valence-corrected chi connectivity index (χ1v) is 12.7. The van der Waals surface area contributed by atoms with E-state index in [2.05, 4.69) is 33.7 Å².